The molecule has 1 aliphatic heterocycles. The number of likely N-dealkylation sites (tertiary alicyclic amines) is 1. The van der Waals surface area contributed by atoms with Gasteiger partial charge in [-0.2, -0.15) is 0 Å². The Labute approximate surface area is 121 Å². The molecule has 0 radical (unpaired) electrons. The molecule has 1 saturated heterocycles. The smallest absolute Gasteiger partial charge is 0.238 e. The summed E-state index contributed by atoms with van der Waals surface area (Å²) in [5.41, 5.74) is 9.20. The van der Waals surface area contributed by atoms with E-state index in [1.54, 1.807) is 0 Å². The molecule has 0 bridgehead atoms. The second-order valence-electron chi connectivity index (χ2n) is 6.27. The number of anilines is 1. The first kappa shape index (κ1) is 15.0. The fraction of sp³-hybridized carbons (Fsp3) is 0.562. The first-order valence-electron chi connectivity index (χ1n) is 7.22. The molecule has 4 heteroatoms. The fourth-order valence-corrected chi connectivity index (χ4v) is 2.71. The molecule has 0 aromatic heterocycles. The summed E-state index contributed by atoms with van der Waals surface area (Å²) in [6.45, 7) is 9.27. The van der Waals surface area contributed by atoms with Gasteiger partial charge in [0.15, 0.2) is 0 Å². The van der Waals surface area contributed by atoms with Crippen LogP contribution >= 0.6 is 0 Å². The zero-order chi connectivity index (χ0) is 14.8. The molecule has 1 fully saturated rings. The van der Waals surface area contributed by atoms with Crippen LogP contribution in [0.3, 0.4) is 0 Å². The van der Waals surface area contributed by atoms with E-state index in [-0.39, 0.29) is 11.3 Å². The molecular formula is C16H25N3O. The molecule has 1 unspecified atom stereocenters. The van der Waals surface area contributed by atoms with Crippen LogP contribution in [0.2, 0.25) is 0 Å². The fourth-order valence-electron chi connectivity index (χ4n) is 2.71. The van der Waals surface area contributed by atoms with E-state index in [9.17, 15) is 4.79 Å². The number of benzene rings is 1. The van der Waals surface area contributed by atoms with Gasteiger partial charge in [0, 0.05) is 12.2 Å². The summed E-state index contributed by atoms with van der Waals surface area (Å²) < 4.78 is 0. The maximum absolute atomic E-state index is 12.1. The second kappa shape index (κ2) is 5.94. The van der Waals surface area contributed by atoms with Gasteiger partial charge in [-0.15, -0.1) is 0 Å². The van der Waals surface area contributed by atoms with Crippen molar-refractivity contribution in [1.82, 2.24) is 4.90 Å². The van der Waals surface area contributed by atoms with Crippen molar-refractivity contribution in [3.8, 4) is 0 Å². The van der Waals surface area contributed by atoms with E-state index in [0.29, 0.717) is 13.1 Å². The Morgan fingerprint density at radius 1 is 1.45 bits per heavy atom. The Balaban J connectivity index is 1.92. The van der Waals surface area contributed by atoms with Gasteiger partial charge in [-0.3, -0.25) is 9.69 Å². The first-order chi connectivity index (χ1) is 9.43. The Morgan fingerprint density at radius 3 is 2.85 bits per heavy atom. The predicted octanol–water partition coefficient (Wildman–Crippen LogP) is 1.91. The molecule has 1 atom stereocenters. The highest BCUT2D eigenvalue weighted by molar-refractivity contribution is 5.93. The highest BCUT2D eigenvalue weighted by Crippen LogP contribution is 2.28. The van der Waals surface area contributed by atoms with Gasteiger partial charge in [-0.1, -0.05) is 19.1 Å². The first-order valence-corrected chi connectivity index (χ1v) is 7.22. The minimum absolute atomic E-state index is 0.0555. The van der Waals surface area contributed by atoms with Crippen LogP contribution in [0.5, 0.6) is 0 Å². The lowest BCUT2D eigenvalue weighted by Gasteiger charge is -2.22. The van der Waals surface area contributed by atoms with Crippen LogP contribution in [-0.2, 0) is 4.79 Å². The molecule has 1 aliphatic rings. The number of hydrogen-bond donors (Lipinski definition) is 2. The average molecular weight is 275 g/mol. The van der Waals surface area contributed by atoms with Crippen LogP contribution in [0.25, 0.3) is 0 Å². The number of rotatable bonds is 4. The number of amides is 1. The van der Waals surface area contributed by atoms with Crippen LogP contribution in [0.15, 0.2) is 18.2 Å². The van der Waals surface area contributed by atoms with Crippen LogP contribution in [0, 0.1) is 19.3 Å². The third-order valence-electron chi connectivity index (χ3n) is 4.38. The molecule has 1 amide bonds. The molecule has 1 heterocycles. The van der Waals surface area contributed by atoms with E-state index in [1.807, 2.05) is 19.1 Å². The summed E-state index contributed by atoms with van der Waals surface area (Å²) in [5.74, 6) is 0.0555. The number of carbonyl (C=O) groups is 1. The predicted molar refractivity (Wildman–Crippen MR) is 82.8 cm³/mol. The van der Waals surface area contributed by atoms with Crippen LogP contribution in [0.1, 0.15) is 24.5 Å². The number of hydrogen-bond acceptors (Lipinski definition) is 3. The lowest BCUT2D eigenvalue weighted by Crippen LogP contribution is -2.35. The molecule has 1 aromatic rings. The largest absolute Gasteiger partial charge is 0.330 e. The Morgan fingerprint density at radius 2 is 2.20 bits per heavy atom. The number of nitrogens with two attached hydrogens (primary N) is 1. The summed E-state index contributed by atoms with van der Waals surface area (Å²) in [6.07, 6.45) is 1.07. The normalized spacial score (nSPS) is 23.0. The summed E-state index contributed by atoms with van der Waals surface area (Å²) in [7, 11) is 0. The van der Waals surface area contributed by atoms with Gasteiger partial charge >= 0.3 is 0 Å². The van der Waals surface area contributed by atoms with Crippen LogP contribution in [-0.4, -0.2) is 37.0 Å². The summed E-state index contributed by atoms with van der Waals surface area (Å²) >= 11 is 0. The lowest BCUT2D eigenvalue weighted by molar-refractivity contribution is -0.117. The Bertz CT molecular complexity index is 500. The SMILES string of the molecule is Cc1cccc(NC(=O)CN2CCC(C)(CN)C2)c1C. The highest BCUT2D eigenvalue weighted by atomic mass is 16.2. The highest BCUT2D eigenvalue weighted by Gasteiger charge is 2.33. The third kappa shape index (κ3) is 3.38. The molecule has 0 spiro atoms. The van der Waals surface area contributed by atoms with Gasteiger partial charge < -0.3 is 11.1 Å². The van der Waals surface area contributed by atoms with E-state index >= 15 is 0 Å². The van der Waals surface area contributed by atoms with Gasteiger partial charge in [0.25, 0.3) is 0 Å². The van der Waals surface area contributed by atoms with Gasteiger partial charge in [0.05, 0.1) is 6.54 Å². The van der Waals surface area contributed by atoms with Crippen molar-refractivity contribution in [3.05, 3.63) is 29.3 Å². The number of carbonyl (C=O) groups excluding carboxylic acids is 1. The van der Waals surface area contributed by atoms with Crippen molar-refractivity contribution >= 4 is 11.6 Å². The molecule has 110 valence electrons. The van der Waals surface area contributed by atoms with Crippen molar-refractivity contribution in [1.29, 1.82) is 0 Å². The summed E-state index contributed by atoms with van der Waals surface area (Å²) in [5, 5.41) is 3.01. The number of nitrogens with one attached hydrogen (secondary N) is 1. The van der Waals surface area contributed by atoms with Crippen molar-refractivity contribution in [2.24, 2.45) is 11.1 Å². The Hall–Kier alpha value is -1.39. The van der Waals surface area contributed by atoms with Gasteiger partial charge in [0.2, 0.25) is 5.91 Å². The zero-order valence-corrected chi connectivity index (χ0v) is 12.7. The quantitative estimate of drug-likeness (QED) is 0.882. The third-order valence-corrected chi connectivity index (χ3v) is 4.38. The average Bonchev–Trinajstić information content (AvgIpc) is 2.77. The van der Waals surface area contributed by atoms with Gasteiger partial charge in [0.1, 0.15) is 0 Å². The van der Waals surface area contributed by atoms with Gasteiger partial charge in [-0.05, 0) is 56.0 Å². The minimum Gasteiger partial charge on any atom is -0.330 e. The topological polar surface area (TPSA) is 58.4 Å². The van der Waals surface area contributed by atoms with E-state index in [1.165, 1.54) is 5.56 Å². The van der Waals surface area contributed by atoms with Crippen molar-refractivity contribution in [2.45, 2.75) is 27.2 Å². The molecule has 0 aliphatic carbocycles. The molecular weight excluding hydrogens is 250 g/mol. The molecule has 4 nitrogen and oxygen atoms in total. The van der Waals surface area contributed by atoms with E-state index in [0.717, 1.165) is 30.8 Å². The zero-order valence-electron chi connectivity index (χ0n) is 12.7. The van der Waals surface area contributed by atoms with Crippen molar-refractivity contribution < 1.29 is 4.79 Å². The molecule has 20 heavy (non-hydrogen) atoms. The molecule has 3 N–H and O–H groups in total. The monoisotopic (exact) mass is 275 g/mol. The van der Waals surface area contributed by atoms with E-state index in [4.69, 9.17) is 5.73 Å². The van der Waals surface area contributed by atoms with Crippen LogP contribution < -0.4 is 11.1 Å². The maximum Gasteiger partial charge on any atom is 0.238 e. The second-order valence-corrected chi connectivity index (χ2v) is 6.27. The van der Waals surface area contributed by atoms with Crippen molar-refractivity contribution in [2.75, 3.05) is 31.5 Å². The summed E-state index contributed by atoms with van der Waals surface area (Å²) in [6, 6.07) is 5.98. The van der Waals surface area contributed by atoms with E-state index in [2.05, 4.69) is 30.1 Å². The standard InChI is InChI=1S/C16H25N3O/c1-12-5-4-6-14(13(12)2)18-15(20)9-19-8-7-16(3,10-17)11-19/h4-6H,7-11,17H2,1-3H3,(H,18,20). The molecule has 1 aromatic carbocycles. The lowest BCUT2D eigenvalue weighted by atomic mass is 9.90. The molecule has 0 saturated carbocycles. The maximum atomic E-state index is 12.1. The van der Waals surface area contributed by atoms with Crippen LogP contribution in [0.4, 0.5) is 5.69 Å². The molecule has 2 rings (SSSR count). The van der Waals surface area contributed by atoms with E-state index < -0.39 is 0 Å². The van der Waals surface area contributed by atoms with Gasteiger partial charge in [-0.25, -0.2) is 0 Å². The number of nitrogens with zero attached hydrogens (tertiary/aromatic N) is 1. The number of aryl methyl sites for hydroxylation is 1. The summed E-state index contributed by atoms with van der Waals surface area (Å²) in [4.78, 5) is 14.3. The Kier molecular flexibility index (Phi) is 4.45. The van der Waals surface area contributed by atoms with Crippen molar-refractivity contribution in [3.63, 3.8) is 0 Å². The minimum atomic E-state index is 0.0555.